The number of ether oxygens (including phenoxy) is 1. The van der Waals surface area contributed by atoms with E-state index in [0.29, 0.717) is 19.7 Å². The molecular formula is C18H25N3O3. The van der Waals surface area contributed by atoms with Crippen LogP contribution in [0.25, 0.3) is 0 Å². The van der Waals surface area contributed by atoms with Gasteiger partial charge in [0, 0.05) is 24.8 Å². The molecule has 0 aliphatic carbocycles. The lowest BCUT2D eigenvalue weighted by Crippen LogP contribution is -2.48. The Morgan fingerprint density at radius 2 is 2.12 bits per heavy atom. The first-order valence-electron chi connectivity index (χ1n) is 8.56. The van der Waals surface area contributed by atoms with Crippen molar-refractivity contribution >= 4 is 17.7 Å². The van der Waals surface area contributed by atoms with E-state index in [2.05, 4.69) is 37.4 Å². The fourth-order valence-corrected chi connectivity index (χ4v) is 3.22. The Labute approximate surface area is 142 Å². The van der Waals surface area contributed by atoms with Crippen molar-refractivity contribution in [3.63, 3.8) is 0 Å². The van der Waals surface area contributed by atoms with Gasteiger partial charge in [-0.3, -0.25) is 9.69 Å². The van der Waals surface area contributed by atoms with Crippen molar-refractivity contribution in [3.8, 4) is 0 Å². The average molecular weight is 331 g/mol. The topological polar surface area (TPSA) is 61.9 Å². The summed E-state index contributed by atoms with van der Waals surface area (Å²) in [6.45, 7) is 6.64. The zero-order chi connectivity index (χ0) is 17.1. The van der Waals surface area contributed by atoms with Crippen LogP contribution in [0.1, 0.15) is 24.0 Å². The van der Waals surface area contributed by atoms with Crippen LogP contribution >= 0.6 is 0 Å². The van der Waals surface area contributed by atoms with E-state index in [9.17, 15) is 9.59 Å². The molecule has 0 radical (unpaired) electrons. The summed E-state index contributed by atoms with van der Waals surface area (Å²) in [4.78, 5) is 27.3. The van der Waals surface area contributed by atoms with E-state index in [-0.39, 0.29) is 24.6 Å². The molecule has 2 saturated heterocycles. The highest BCUT2D eigenvalue weighted by Crippen LogP contribution is 2.19. The van der Waals surface area contributed by atoms with E-state index < -0.39 is 0 Å². The molecule has 1 N–H and O–H groups in total. The smallest absolute Gasteiger partial charge is 0.410 e. The zero-order valence-electron chi connectivity index (χ0n) is 14.4. The first kappa shape index (κ1) is 16.6. The normalized spacial score (nSPS) is 20.9. The molecule has 1 aromatic rings. The average Bonchev–Trinajstić information content (AvgIpc) is 2.96. The fraction of sp³-hybridized carbons (Fsp3) is 0.556. The van der Waals surface area contributed by atoms with E-state index in [0.717, 1.165) is 25.1 Å². The van der Waals surface area contributed by atoms with Crippen molar-refractivity contribution in [1.29, 1.82) is 0 Å². The van der Waals surface area contributed by atoms with E-state index in [1.165, 1.54) is 16.0 Å². The highest BCUT2D eigenvalue weighted by atomic mass is 16.6. The number of nitrogens with zero attached hydrogens (tertiary/aromatic N) is 2. The predicted octanol–water partition coefficient (Wildman–Crippen LogP) is 2.16. The second-order valence-corrected chi connectivity index (χ2v) is 6.66. The van der Waals surface area contributed by atoms with Crippen molar-refractivity contribution < 1.29 is 14.3 Å². The maximum absolute atomic E-state index is 12.4. The highest BCUT2D eigenvalue weighted by Gasteiger charge is 2.29. The molecule has 0 unspecified atom stereocenters. The third-order valence-electron chi connectivity index (χ3n) is 4.82. The van der Waals surface area contributed by atoms with Gasteiger partial charge in [-0.1, -0.05) is 6.07 Å². The van der Waals surface area contributed by atoms with Crippen LogP contribution in [0.2, 0.25) is 0 Å². The number of anilines is 1. The van der Waals surface area contributed by atoms with Crippen molar-refractivity contribution in [2.45, 2.75) is 32.7 Å². The van der Waals surface area contributed by atoms with Crippen LogP contribution in [-0.4, -0.2) is 60.6 Å². The van der Waals surface area contributed by atoms with Gasteiger partial charge < -0.3 is 15.0 Å². The molecule has 6 heteroatoms. The highest BCUT2D eigenvalue weighted by molar-refractivity contribution is 5.83. The molecule has 1 aromatic carbocycles. The number of nitrogens with one attached hydrogen (secondary N) is 1. The van der Waals surface area contributed by atoms with Gasteiger partial charge in [-0.25, -0.2) is 4.79 Å². The lowest BCUT2D eigenvalue weighted by molar-refractivity contribution is -0.132. The molecule has 0 bridgehead atoms. The maximum Gasteiger partial charge on any atom is 0.410 e. The van der Waals surface area contributed by atoms with Crippen LogP contribution in [0.15, 0.2) is 18.2 Å². The van der Waals surface area contributed by atoms with Gasteiger partial charge in [0.2, 0.25) is 5.91 Å². The molecule has 0 spiro atoms. The number of piperidine rings is 1. The second-order valence-electron chi connectivity index (χ2n) is 6.66. The molecule has 6 nitrogen and oxygen atoms in total. The minimum absolute atomic E-state index is 0.000404. The number of amides is 2. The lowest BCUT2D eigenvalue weighted by atomic mass is 10.0. The number of aryl methyl sites for hydroxylation is 2. The maximum atomic E-state index is 12.4. The summed E-state index contributed by atoms with van der Waals surface area (Å²) in [6, 6.07) is 6.59. The Morgan fingerprint density at radius 1 is 1.29 bits per heavy atom. The van der Waals surface area contributed by atoms with Gasteiger partial charge in [-0.15, -0.1) is 0 Å². The fourth-order valence-electron chi connectivity index (χ4n) is 3.22. The number of hydrogen-bond acceptors (Lipinski definition) is 4. The monoisotopic (exact) mass is 331 g/mol. The van der Waals surface area contributed by atoms with Crippen molar-refractivity contribution in [2.75, 3.05) is 38.1 Å². The van der Waals surface area contributed by atoms with Gasteiger partial charge in [-0.05, 0) is 49.9 Å². The third kappa shape index (κ3) is 3.80. The minimum Gasteiger partial charge on any atom is -0.448 e. The predicted molar refractivity (Wildman–Crippen MR) is 92.1 cm³/mol. The molecule has 2 amide bonds. The van der Waals surface area contributed by atoms with Gasteiger partial charge >= 0.3 is 6.09 Å². The first-order chi connectivity index (χ1) is 11.5. The van der Waals surface area contributed by atoms with Crippen LogP contribution in [0, 0.1) is 13.8 Å². The summed E-state index contributed by atoms with van der Waals surface area (Å²) in [5.74, 6) is 0.000404. The van der Waals surface area contributed by atoms with Crippen LogP contribution in [-0.2, 0) is 9.53 Å². The number of carbonyl (C=O) groups excluding carboxylic acids is 2. The standard InChI is InChI=1S/C18H25N3O3/c1-13-5-6-15(10-14(13)2)19-16-4-3-7-20(11-16)17(22)12-21-8-9-24-18(21)23/h5-6,10,16,19H,3-4,7-9,11-12H2,1-2H3/t16-/m1/s1. The van der Waals surface area contributed by atoms with E-state index in [1.807, 2.05) is 4.90 Å². The number of carbonyl (C=O) groups is 2. The Morgan fingerprint density at radius 3 is 2.83 bits per heavy atom. The Hall–Kier alpha value is -2.24. The quantitative estimate of drug-likeness (QED) is 0.918. The van der Waals surface area contributed by atoms with Crippen LogP contribution < -0.4 is 5.32 Å². The molecular weight excluding hydrogens is 306 g/mol. The number of cyclic esters (lactones) is 1. The molecule has 2 heterocycles. The Kier molecular flexibility index (Phi) is 4.92. The third-order valence-corrected chi connectivity index (χ3v) is 4.82. The summed E-state index contributed by atoms with van der Waals surface area (Å²) < 4.78 is 4.88. The first-order valence-corrected chi connectivity index (χ1v) is 8.56. The van der Waals surface area contributed by atoms with E-state index in [4.69, 9.17) is 4.74 Å². The van der Waals surface area contributed by atoms with Crippen molar-refractivity contribution in [2.24, 2.45) is 0 Å². The summed E-state index contributed by atoms with van der Waals surface area (Å²) in [7, 11) is 0. The molecule has 2 fully saturated rings. The number of hydrogen-bond donors (Lipinski definition) is 1. The molecule has 0 aromatic heterocycles. The Balaban J connectivity index is 1.56. The molecule has 1 atom stereocenters. The lowest BCUT2D eigenvalue weighted by Gasteiger charge is -2.34. The molecule has 24 heavy (non-hydrogen) atoms. The molecule has 2 aliphatic heterocycles. The summed E-state index contributed by atoms with van der Waals surface area (Å²) >= 11 is 0. The summed E-state index contributed by atoms with van der Waals surface area (Å²) in [5.41, 5.74) is 3.63. The van der Waals surface area contributed by atoms with Crippen molar-refractivity contribution in [3.05, 3.63) is 29.3 Å². The molecule has 3 rings (SSSR count). The van der Waals surface area contributed by atoms with Gasteiger partial charge in [-0.2, -0.15) is 0 Å². The van der Waals surface area contributed by atoms with Gasteiger partial charge in [0.25, 0.3) is 0 Å². The van der Waals surface area contributed by atoms with E-state index >= 15 is 0 Å². The number of likely N-dealkylation sites (tertiary alicyclic amines) is 1. The van der Waals surface area contributed by atoms with Crippen LogP contribution in [0.5, 0.6) is 0 Å². The zero-order valence-corrected chi connectivity index (χ0v) is 14.4. The molecule has 0 saturated carbocycles. The summed E-state index contributed by atoms with van der Waals surface area (Å²) in [5, 5.41) is 3.54. The number of benzene rings is 1. The van der Waals surface area contributed by atoms with Crippen molar-refractivity contribution in [1.82, 2.24) is 9.80 Å². The van der Waals surface area contributed by atoms with E-state index in [1.54, 1.807) is 0 Å². The molecule has 2 aliphatic rings. The van der Waals surface area contributed by atoms with Crippen LogP contribution in [0.3, 0.4) is 0 Å². The second kappa shape index (κ2) is 7.11. The van der Waals surface area contributed by atoms with Gasteiger partial charge in [0.15, 0.2) is 0 Å². The van der Waals surface area contributed by atoms with Gasteiger partial charge in [0.05, 0.1) is 6.54 Å². The minimum atomic E-state index is -0.384. The number of rotatable bonds is 4. The SMILES string of the molecule is Cc1ccc(N[C@@H]2CCCN(C(=O)CN3CCOC3=O)C2)cc1C. The summed E-state index contributed by atoms with van der Waals surface area (Å²) in [6.07, 6.45) is 1.63. The molecule has 130 valence electrons. The van der Waals surface area contributed by atoms with Crippen LogP contribution in [0.4, 0.5) is 10.5 Å². The Bertz CT molecular complexity index is 632. The largest absolute Gasteiger partial charge is 0.448 e. The van der Waals surface area contributed by atoms with Gasteiger partial charge in [0.1, 0.15) is 13.2 Å².